The number of hydrogen-bond acceptors (Lipinski definition) is 6. The SMILES string of the molecule is CCOC(=O)c1cc(C(=O)OCC)c(N)cc1N. The predicted molar refractivity (Wildman–Crippen MR) is 67.2 cm³/mol. The van der Waals surface area contributed by atoms with Crippen LogP contribution in [0, 0.1) is 0 Å². The van der Waals surface area contributed by atoms with Crippen molar-refractivity contribution in [3.05, 3.63) is 23.3 Å². The van der Waals surface area contributed by atoms with Crippen molar-refractivity contribution < 1.29 is 19.1 Å². The molecule has 1 rings (SSSR count). The number of ether oxygens (including phenoxy) is 2. The number of rotatable bonds is 4. The van der Waals surface area contributed by atoms with Crippen LogP contribution in [-0.2, 0) is 9.47 Å². The van der Waals surface area contributed by atoms with Crippen LogP contribution in [0.25, 0.3) is 0 Å². The molecule has 0 radical (unpaired) electrons. The average molecular weight is 252 g/mol. The van der Waals surface area contributed by atoms with E-state index in [0.717, 1.165) is 0 Å². The zero-order valence-corrected chi connectivity index (χ0v) is 10.4. The first-order chi connectivity index (χ1) is 8.51. The number of anilines is 2. The van der Waals surface area contributed by atoms with Crippen LogP contribution in [0.15, 0.2) is 12.1 Å². The molecule has 0 aliphatic carbocycles. The van der Waals surface area contributed by atoms with E-state index in [2.05, 4.69) is 0 Å². The van der Waals surface area contributed by atoms with Crippen molar-refractivity contribution in [3.63, 3.8) is 0 Å². The molecule has 4 N–H and O–H groups in total. The number of carbonyl (C=O) groups excluding carboxylic acids is 2. The molecule has 0 aliphatic rings. The van der Waals surface area contributed by atoms with E-state index in [4.69, 9.17) is 20.9 Å². The first kappa shape index (κ1) is 13.8. The second-order valence-corrected chi connectivity index (χ2v) is 3.47. The highest BCUT2D eigenvalue weighted by atomic mass is 16.5. The minimum atomic E-state index is -0.597. The van der Waals surface area contributed by atoms with E-state index >= 15 is 0 Å². The Kier molecular flexibility index (Phi) is 4.53. The number of esters is 2. The van der Waals surface area contributed by atoms with Gasteiger partial charge < -0.3 is 20.9 Å². The Balaban J connectivity index is 3.17. The van der Waals surface area contributed by atoms with E-state index < -0.39 is 11.9 Å². The summed E-state index contributed by atoms with van der Waals surface area (Å²) in [5, 5.41) is 0. The van der Waals surface area contributed by atoms with Gasteiger partial charge in [0.15, 0.2) is 0 Å². The van der Waals surface area contributed by atoms with E-state index in [9.17, 15) is 9.59 Å². The third-order valence-electron chi connectivity index (χ3n) is 2.21. The van der Waals surface area contributed by atoms with Crippen LogP contribution in [0.1, 0.15) is 34.6 Å². The van der Waals surface area contributed by atoms with Gasteiger partial charge in [-0.3, -0.25) is 0 Å². The summed E-state index contributed by atoms with van der Waals surface area (Å²) < 4.78 is 9.66. The average Bonchev–Trinajstić information content (AvgIpc) is 2.29. The minimum Gasteiger partial charge on any atom is -0.462 e. The first-order valence-corrected chi connectivity index (χ1v) is 5.54. The molecule has 0 fully saturated rings. The molecule has 98 valence electrons. The Labute approximate surface area is 105 Å². The quantitative estimate of drug-likeness (QED) is 0.616. The van der Waals surface area contributed by atoms with Gasteiger partial charge in [-0.25, -0.2) is 9.59 Å². The third-order valence-corrected chi connectivity index (χ3v) is 2.21. The number of nitrogen functional groups attached to an aromatic ring is 2. The van der Waals surface area contributed by atoms with Gasteiger partial charge in [0, 0.05) is 11.4 Å². The molecule has 18 heavy (non-hydrogen) atoms. The van der Waals surface area contributed by atoms with Gasteiger partial charge in [0.05, 0.1) is 24.3 Å². The van der Waals surface area contributed by atoms with E-state index in [1.165, 1.54) is 12.1 Å². The van der Waals surface area contributed by atoms with Crippen molar-refractivity contribution in [2.45, 2.75) is 13.8 Å². The zero-order chi connectivity index (χ0) is 13.7. The maximum atomic E-state index is 11.6. The summed E-state index contributed by atoms with van der Waals surface area (Å²) in [5.41, 5.74) is 11.9. The summed E-state index contributed by atoms with van der Waals surface area (Å²) in [6.45, 7) is 3.80. The summed E-state index contributed by atoms with van der Waals surface area (Å²) >= 11 is 0. The minimum absolute atomic E-state index is 0.106. The summed E-state index contributed by atoms with van der Waals surface area (Å²) in [4.78, 5) is 23.2. The van der Waals surface area contributed by atoms with Gasteiger partial charge in [0.2, 0.25) is 0 Å². The topological polar surface area (TPSA) is 105 Å². The van der Waals surface area contributed by atoms with Crippen LogP contribution in [0.2, 0.25) is 0 Å². The first-order valence-electron chi connectivity index (χ1n) is 5.54. The molecule has 0 aromatic heterocycles. The summed E-state index contributed by atoms with van der Waals surface area (Å²) in [6, 6.07) is 2.64. The Bertz CT molecular complexity index is 432. The molecule has 0 spiro atoms. The molecule has 0 amide bonds. The Hall–Kier alpha value is -2.24. The second-order valence-electron chi connectivity index (χ2n) is 3.47. The fourth-order valence-electron chi connectivity index (χ4n) is 1.41. The van der Waals surface area contributed by atoms with Crippen LogP contribution in [0.5, 0.6) is 0 Å². The summed E-state index contributed by atoms with van der Waals surface area (Å²) in [6.07, 6.45) is 0. The molecule has 0 saturated heterocycles. The van der Waals surface area contributed by atoms with Gasteiger partial charge in [-0.1, -0.05) is 0 Å². The fourth-order valence-corrected chi connectivity index (χ4v) is 1.41. The van der Waals surface area contributed by atoms with Gasteiger partial charge >= 0.3 is 11.9 Å². The molecule has 1 aromatic carbocycles. The van der Waals surface area contributed by atoms with Crippen LogP contribution in [-0.4, -0.2) is 25.2 Å². The Morgan fingerprint density at radius 1 is 0.944 bits per heavy atom. The van der Waals surface area contributed by atoms with Crippen molar-refractivity contribution in [1.29, 1.82) is 0 Å². The maximum absolute atomic E-state index is 11.6. The highest BCUT2D eigenvalue weighted by Crippen LogP contribution is 2.22. The number of nitrogens with two attached hydrogens (primary N) is 2. The Morgan fingerprint density at radius 3 is 1.67 bits per heavy atom. The van der Waals surface area contributed by atoms with Gasteiger partial charge in [0.25, 0.3) is 0 Å². The molecule has 0 unspecified atom stereocenters. The zero-order valence-electron chi connectivity index (χ0n) is 10.4. The van der Waals surface area contributed by atoms with E-state index in [1.807, 2.05) is 0 Å². The lowest BCUT2D eigenvalue weighted by atomic mass is 10.1. The largest absolute Gasteiger partial charge is 0.462 e. The lowest BCUT2D eigenvalue weighted by molar-refractivity contribution is 0.0527. The normalized spacial score (nSPS) is 9.89. The molecule has 0 aliphatic heterocycles. The summed E-state index contributed by atoms with van der Waals surface area (Å²) in [7, 11) is 0. The number of hydrogen-bond donors (Lipinski definition) is 2. The van der Waals surface area contributed by atoms with E-state index in [0.29, 0.717) is 0 Å². The van der Waals surface area contributed by atoms with Gasteiger partial charge in [-0.15, -0.1) is 0 Å². The van der Waals surface area contributed by atoms with E-state index in [-0.39, 0.29) is 35.7 Å². The smallest absolute Gasteiger partial charge is 0.340 e. The monoisotopic (exact) mass is 252 g/mol. The van der Waals surface area contributed by atoms with Gasteiger partial charge in [0.1, 0.15) is 0 Å². The highest BCUT2D eigenvalue weighted by Gasteiger charge is 2.18. The fraction of sp³-hybridized carbons (Fsp3) is 0.333. The van der Waals surface area contributed by atoms with E-state index in [1.54, 1.807) is 13.8 Å². The number of carbonyl (C=O) groups is 2. The third kappa shape index (κ3) is 2.91. The van der Waals surface area contributed by atoms with Crippen LogP contribution < -0.4 is 11.5 Å². The molecule has 6 nitrogen and oxygen atoms in total. The molecule has 6 heteroatoms. The Morgan fingerprint density at radius 2 is 1.33 bits per heavy atom. The molecule has 0 atom stereocenters. The van der Waals surface area contributed by atoms with Crippen molar-refractivity contribution in [2.24, 2.45) is 0 Å². The van der Waals surface area contributed by atoms with Crippen molar-refractivity contribution in [2.75, 3.05) is 24.7 Å². The second kappa shape index (κ2) is 5.90. The maximum Gasteiger partial charge on any atom is 0.340 e. The molecular weight excluding hydrogens is 236 g/mol. The van der Waals surface area contributed by atoms with Crippen LogP contribution in [0.3, 0.4) is 0 Å². The van der Waals surface area contributed by atoms with Crippen LogP contribution >= 0.6 is 0 Å². The molecular formula is C12H16N2O4. The molecule has 0 bridgehead atoms. The lowest BCUT2D eigenvalue weighted by Gasteiger charge is -2.10. The van der Waals surface area contributed by atoms with Crippen molar-refractivity contribution in [1.82, 2.24) is 0 Å². The predicted octanol–water partition coefficient (Wildman–Crippen LogP) is 1.20. The molecule has 0 saturated carbocycles. The van der Waals surface area contributed by atoms with Crippen molar-refractivity contribution >= 4 is 23.3 Å². The van der Waals surface area contributed by atoms with Gasteiger partial charge in [-0.2, -0.15) is 0 Å². The summed E-state index contributed by atoms with van der Waals surface area (Å²) in [5.74, 6) is -1.19. The number of benzene rings is 1. The molecule has 0 heterocycles. The highest BCUT2D eigenvalue weighted by molar-refractivity contribution is 6.02. The standard InChI is InChI=1S/C12H16N2O4/c1-3-17-11(15)7-5-8(12(16)18-4-2)10(14)6-9(7)13/h5-6H,3-4,13-14H2,1-2H3. The molecule has 1 aromatic rings. The van der Waals surface area contributed by atoms with Crippen molar-refractivity contribution in [3.8, 4) is 0 Å². The lowest BCUT2D eigenvalue weighted by Crippen LogP contribution is -2.13. The van der Waals surface area contributed by atoms with Crippen LogP contribution in [0.4, 0.5) is 11.4 Å². The van der Waals surface area contributed by atoms with Gasteiger partial charge in [-0.05, 0) is 26.0 Å².